The minimum absolute atomic E-state index is 0.183. The molecule has 1 aromatic carbocycles. The average molecular weight is 208 g/mol. The molecule has 1 fully saturated rings. The van der Waals surface area contributed by atoms with Gasteiger partial charge in [0.2, 0.25) is 0 Å². The molecule has 2 unspecified atom stereocenters. The van der Waals surface area contributed by atoms with Gasteiger partial charge in [0.15, 0.2) is 0 Å². The molecular weight excluding hydrogens is 191 g/mol. The Labute approximate surface area is 89.7 Å². The van der Waals surface area contributed by atoms with Gasteiger partial charge in [-0.05, 0) is 24.1 Å². The van der Waals surface area contributed by atoms with E-state index in [9.17, 15) is 4.39 Å². The summed E-state index contributed by atoms with van der Waals surface area (Å²) in [6, 6.07) is 6.77. The number of nitrogens with one attached hydrogen (secondary N) is 1. The zero-order chi connectivity index (χ0) is 10.9. The summed E-state index contributed by atoms with van der Waals surface area (Å²) in [7, 11) is 0. The second kappa shape index (κ2) is 3.91. The Bertz CT molecular complexity index is 353. The fraction of sp³-hybridized carbons (Fsp3) is 0.500. The van der Waals surface area contributed by atoms with Crippen LogP contribution in [0.2, 0.25) is 0 Å². The van der Waals surface area contributed by atoms with Gasteiger partial charge in [-0.25, -0.2) is 4.39 Å². The van der Waals surface area contributed by atoms with Crippen LogP contribution in [0, 0.1) is 5.82 Å². The summed E-state index contributed by atoms with van der Waals surface area (Å²) < 4.78 is 13.1. The highest BCUT2D eigenvalue weighted by Gasteiger charge is 2.38. The number of hydrogen-bond donors (Lipinski definition) is 2. The molecule has 0 saturated carbocycles. The highest BCUT2D eigenvalue weighted by molar-refractivity contribution is 5.27. The summed E-state index contributed by atoms with van der Waals surface area (Å²) in [5.74, 6) is 0.0380. The molecule has 0 bridgehead atoms. The Kier molecular flexibility index (Phi) is 2.76. The van der Waals surface area contributed by atoms with Gasteiger partial charge >= 0.3 is 0 Å². The monoisotopic (exact) mass is 208 g/mol. The maximum atomic E-state index is 13.1. The third-order valence-electron chi connectivity index (χ3n) is 3.41. The summed E-state index contributed by atoms with van der Waals surface area (Å²) in [6.07, 6.45) is 0.904. The Morgan fingerprint density at radius 3 is 3.07 bits per heavy atom. The molecule has 0 amide bonds. The van der Waals surface area contributed by atoms with E-state index in [2.05, 4.69) is 12.2 Å². The van der Waals surface area contributed by atoms with Crippen LogP contribution in [0.15, 0.2) is 24.3 Å². The fourth-order valence-corrected chi connectivity index (χ4v) is 2.32. The van der Waals surface area contributed by atoms with Crippen LogP contribution < -0.4 is 11.1 Å². The molecule has 1 aromatic rings. The Hall–Kier alpha value is -0.930. The molecule has 2 atom stereocenters. The van der Waals surface area contributed by atoms with E-state index in [-0.39, 0.29) is 17.3 Å². The highest BCUT2D eigenvalue weighted by Crippen LogP contribution is 2.32. The van der Waals surface area contributed by atoms with E-state index < -0.39 is 0 Å². The van der Waals surface area contributed by atoms with Gasteiger partial charge in [-0.3, -0.25) is 0 Å². The van der Waals surface area contributed by atoms with Gasteiger partial charge in [-0.1, -0.05) is 19.1 Å². The zero-order valence-electron chi connectivity index (χ0n) is 8.96. The van der Waals surface area contributed by atoms with Crippen molar-refractivity contribution in [3.05, 3.63) is 35.6 Å². The Morgan fingerprint density at radius 2 is 2.40 bits per heavy atom. The predicted octanol–water partition coefficient (Wildman–Crippen LogP) is 1.62. The zero-order valence-corrected chi connectivity index (χ0v) is 8.96. The normalized spacial score (nSPS) is 30.7. The van der Waals surface area contributed by atoms with E-state index in [0.717, 1.165) is 25.1 Å². The minimum Gasteiger partial charge on any atom is -0.323 e. The van der Waals surface area contributed by atoms with Crippen molar-refractivity contribution in [1.82, 2.24) is 5.32 Å². The van der Waals surface area contributed by atoms with Gasteiger partial charge < -0.3 is 11.1 Å². The molecule has 1 aliphatic heterocycles. The number of rotatable bonds is 2. The molecule has 1 aliphatic rings. The first-order chi connectivity index (χ1) is 7.15. The lowest BCUT2D eigenvalue weighted by Gasteiger charge is -2.29. The van der Waals surface area contributed by atoms with E-state index in [0.29, 0.717) is 0 Å². The van der Waals surface area contributed by atoms with Crippen LogP contribution in [-0.2, 0) is 0 Å². The van der Waals surface area contributed by atoms with Crippen LogP contribution in [0.25, 0.3) is 0 Å². The SMILES string of the molecule is CCC1(N)CNCC1c1cccc(F)c1. The lowest BCUT2D eigenvalue weighted by Crippen LogP contribution is -2.45. The van der Waals surface area contributed by atoms with Gasteiger partial charge in [0.05, 0.1) is 0 Å². The van der Waals surface area contributed by atoms with Gasteiger partial charge in [-0.2, -0.15) is 0 Å². The molecule has 3 N–H and O–H groups in total. The van der Waals surface area contributed by atoms with Gasteiger partial charge in [0.25, 0.3) is 0 Å². The first-order valence-corrected chi connectivity index (χ1v) is 5.41. The number of hydrogen-bond acceptors (Lipinski definition) is 2. The molecule has 82 valence electrons. The number of halogens is 1. The molecule has 3 heteroatoms. The Balaban J connectivity index is 2.30. The van der Waals surface area contributed by atoms with Crippen molar-refractivity contribution in [2.24, 2.45) is 5.73 Å². The van der Waals surface area contributed by atoms with E-state index in [1.54, 1.807) is 12.1 Å². The second-order valence-electron chi connectivity index (χ2n) is 4.33. The lowest BCUT2D eigenvalue weighted by molar-refractivity contribution is 0.404. The largest absolute Gasteiger partial charge is 0.323 e. The van der Waals surface area contributed by atoms with Gasteiger partial charge in [-0.15, -0.1) is 0 Å². The van der Waals surface area contributed by atoms with Crippen molar-refractivity contribution in [2.45, 2.75) is 24.8 Å². The standard InChI is InChI=1S/C12H17FN2/c1-2-12(14)8-15-7-11(12)9-4-3-5-10(13)6-9/h3-6,11,15H,2,7-8,14H2,1H3. The highest BCUT2D eigenvalue weighted by atomic mass is 19.1. The third-order valence-corrected chi connectivity index (χ3v) is 3.41. The van der Waals surface area contributed by atoms with E-state index in [1.807, 2.05) is 6.07 Å². The molecule has 1 heterocycles. The first-order valence-electron chi connectivity index (χ1n) is 5.41. The first kappa shape index (κ1) is 10.6. The van der Waals surface area contributed by atoms with Crippen LogP contribution in [0.4, 0.5) is 4.39 Å². The van der Waals surface area contributed by atoms with Crippen molar-refractivity contribution in [3.8, 4) is 0 Å². The molecule has 0 radical (unpaired) electrons. The van der Waals surface area contributed by atoms with Crippen molar-refractivity contribution < 1.29 is 4.39 Å². The molecule has 0 aromatic heterocycles. The second-order valence-corrected chi connectivity index (χ2v) is 4.33. The quantitative estimate of drug-likeness (QED) is 0.775. The fourth-order valence-electron chi connectivity index (χ4n) is 2.32. The molecule has 15 heavy (non-hydrogen) atoms. The summed E-state index contributed by atoms with van der Waals surface area (Å²) in [5.41, 5.74) is 7.08. The lowest BCUT2D eigenvalue weighted by atomic mass is 9.81. The number of nitrogens with two attached hydrogens (primary N) is 1. The minimum atomic E-state index is -0.228. The topological polar surface area (TPSA) is 38.0 Å². The smallest absolute Gasteiger partial charge is 0.123 e. The summed E-state index contributed by atoms with van der Waals surface area (Å²) >= 11 is 0. The predicted molar refractivity (Wildman–Crippen MR) is 59.2 cm³/mol. The molecule has 0 aliphatic carbocycles. The van der Waals surface area contributed by atoms with E-state index in [4.69, 9.17) is 5.73 Å². The van der Waals surface area contributed by atoms with Crippen LogP contribution >= 0.6 is 0 Å². The van der Waals surface area contributed by atoms with Crippen molar-refractivity contribution in [2.75, 3.05) is 13.1 Å². The summed E-state index contributed by atoms with van der Waals surface area (Å²) in [4.78, 5) is 0. The maximum absolute atomic E-state index is 13.1. The van der Waals surface area contributed by atoms with Crippen LogP contribution in [0.3, 0.4) is 0 Å². The van der Waals surface area contributed by atoms with Crippen molar-refractivity contribution >= 4 is 0 Å². The van der Waals surface area contributed by atoms with E-state index >= 15 is 0 Å². The summed E-state index contributed by atoms with van der Waals surface area (Å²) in [6.45, 7) is 3.73. The van der Waals surface area contributed by atoms with Crippen molar-refractivity contribution in [3.63, 3.8) is 0 Å². The Morgan fingerprint density at radius 1 is 1.60 bits per heavy atom. The van der Waals surface area contributed by atoms with Crippen LogP contribution in [0.1, 0.15) is 24.8 Å². The van der Waals surface area contributed by atoms with Crippen LogP contribution in [0.5, 0.6) is 0 Å². The molecule has 2 rings (SSSR count). The molecule has 0 spiro atoms. The maximum Gasteiger partial charge on any atom is 0.123 e. The third kappa shape index (κ3) is 1.90. The van der Waals surface area contributed by atoms with Gasteiger partial charge in [0, 0.05) is 24.5 Å². The van der Waals surface area contributed by atoms with Crippen LogP contribution in [-0.4, -0.2) is 18.6 Å². The number of benzene rings is 1. The molecule has 1 saturated heterocycles. The summed E-state index contributed by atoms with van der Waals surface area (Å²) in [5, 5.41) is 3.28. The average Bonchev–Trinajstić information content (AvgIpc) is 2.61. The van der Waals surface area contributed by atoms with E-state index in [1.165, 1.54) is 6.07 Å². The van der Waals surface area contributed by atoms with Gasteiger partial charge in [0.1, 0.15) is 5.82 Å². The van der Waals surface area contributed by atoms with Crippen molar-refractivity contribution in [1.29, 1.82) is 0 Å². The molecule has 2 nitrogen and oxygen atoms in total. The molecular formula is C12H17FN2.